The lowest BCUT2D eigenvalue weighted by atomic mass is 9.81. The third-order valence-electron chi connectivity index (χ3n) is 5.39. The number of anilines is 1. The highest BCUT2D eigenvalue weighted by atomic mass is 16.4. The van der Waals surface area contributed by atoms with E-state index in [9.17, 15) is 9.59 Å². The average Bonchev–Trinajstić information content (AvgIpc) is 3.01. The zero-order chi connectivity index (χ0) is 17.1. The van der Waals surface area contributed by atoms with E-state index in [-0.39, 0.29) is 17.7 Å². The normalized spacial score (nSPS) is 27.8. The fourth-order valence-electron chi connectivity index (χ4n) is 3.84. The molecule has 0 aromatic carbocycles. The minimum Gasteiger partial charge on any atom is -0.481 e. The summed E-state index contributed by atoms with van der Waals surface area (Å²) in [7, 11) is 2.13. The van der Waals surface area contributed by atoms with Gasteiger partial charge in [0.05, 0.1) is 5.92 Å². The molecule has 1 aliphatic carbocycles. The van der Waals surface area contributed by atoms with Crippen LogP contribution in [0.3, 0.4) is 0 Å². The van der Waals surface area contributed by atoms with Crippen molar-refractivity contribution in [2.24, 2.45) is 11.8 Å². The van der Waals surface area contributed by atoms with E-state index in [0.717, 1.165) is 13.0 Å². The summed E-state index contributed by atoms with van der Waals surface area (Å²) >= 11 is 0. The number of aliphatic carboxylic acids is 1. The van der Waals surface area contributed by atoms with Crippen LogP contribution in [-0.4, -0.2) is 40.5 Å². The summed E-state index contributed by atoms with van der Waals surface area (Å²) in [5.41, 5.74) is 1.19. The van der Waals surface area contributed by atoms with Gasteiger partial charge in [-0.25, -0.2) is 4.98 Å². The van der Waals surface area contributed by atoms with E-state index >= 15 is 0 Å². The van der Waals surface area contributed by atoms with E-state index in [1.54, 1.807) is 0 Å². The van der Waals surface area contributed by atoms with Gasteiger partial charge in [0.15, 0.2) is 0 Å². The lowest BCUT2D eigenvalue weighted by Crippen LogP contribution is -2.29. The molecule has 1 aromatic rings. The average molecular weight is 331 g/mol. The monoisotopic (exact) mass is 331 g/mol. The molecule has 2 fully saturated rings. The standard InChI is InChI=1S/C18H25N3O3/c1-21-10-2-3-15(21)14-8-9-16(19-11-14)20-17(22)12-4-6-13(7-5-12)18(23)24/h8-9,11-13,15H,2-7,10H2,1H3,(H,23,24)(H,19,20,22)/t12-,13-,15?. The van der Waals surface area contributed by atoms with E-state index in [4.69, 9.17) is 5.11 Å². The minimum absolute atomic E-state index is 0.0444. The smallest absolute Gasteiger partial charge is 0.306 e. The van der Waals surface area contributed by atoms with Crippen molar-refractivity contribution in [3.05, 3.63) is 23.9 Å². The van der Waals surface area contributed by atoms with Crippen molar-refractivity contribution in [2.75, 3.05) is 18.9 Å². The van der Waals surface area contributed by atoms with Crippen molar-refractivity contribution in [2.45, 2.75) is 44.6 Å². The summed E-state index contributed by atoms with van der Waals surface area (Å²) in [6.45, 7) is 1.11. The summed E-state index contributed by atoms with van der Waals surface area (Å²) in [5, 5.41) is 11.9. The number of likely N-dealkylation sites (tertiary alicyclic amines) is 1. The molecule has 0 bridgehead atoms. The van der Waals surface area contributed by atoms with Gasteiger partial charge in [-0.15, -0.1) is 0 Å². The number of nitrogens with zero attached hydrogens (tertiary/aromatic N) is 2. The molecular formula is C18H25N3O3. The third-order valence-corrected chi connectivity index (χ3v) is 5.39. The van der Waals surface area contributed by atoms with Crippen LogP contribution in [0.4, 0.5) is 5.82 Å². The van der Waals surface area contributed by atoms with E-state index in [0.29, 0.717) is 37.5 Å². The summed E-state index contributed by atoms with van der Waals surface area (Å²) in [5.74, 6) is -0.622. The van der Waals surface area contributed by atoms with Crippen LogP contribution in [-0.2, 0) is 9.59 Å². The summed E-state index contributed by atoms with van der Waals surface area (Å²) < 4.78 is 0. The molecule has 6 nitrogen and oxygen atoms in total. The summed E-state index contributed by atoms with van der Waals surface area (Å²) in [4.78, 5) is 30.0. The fraction of sp³-hybridized carbons (Fsp3) is 0.611. The lowest BCUT2D eigenvalue weighted by Gasteiger charge is -2.25. The molecule has 1 unspecified atom stereocenters. The number of pyridine rings is 1. The van der Waals surface area contributed by atoms with Crippen molar-refractivity contribution in [3.8, 4) is 0 Å². The predicted octanol–water partition coefficient (Wildman–Crippen LogP) is 2.68. The summed E-state index contributed by atoms with van der Waals surface area (Å²) in [6.07, 6.45) is 6.63. The minimum atomic E-state index is -0.747. The molecule has 1 aliphatic heterocycles. The number of carbonyl (C=O) groups is 2. The Morgan fingerprint density at radius 1 is 1.17 bits per heavy atom. The van der Waals surface area contributed by atoms with Crippen molar-refractivity contribution in [1.29, 1.82) is 0 Å². The number of nitrogens with one attached hydrogen (secondary N) is 1. The largest absolute Gasteiger partial charge is 0.481 e. The third kappa shape index (κ3) is 3.75. The number of hydrogen-bond acceptors (Lipinski definition) is 4. The molecule has 2 aliphatic rings. The number of rotatable bonds is 4. The van der Waals surface area contributed by atoms with Gasteiger partial charge in [0.2, 0.25) is 5.91 Å². The van der Waals surface area contributed by atoms with Crippen LogP contribution in [0.25, 0.3) is 0 Å². The van der Waals surface area contributed by atoms with Gasteiger partial charge in [0.1, 0.15) is 5.82 Å². The summed E-state index contributed by atoms with van der Waals surface area (Å²) in [6, 6.07) is 4.33. The Kier molecular flexibility index (Phi) is 5.14. The Labute approximate surface area is 142 Å². The molecule has 130 valence electrons. The van der Waals surface area contributed by atoms with Crippen LogP contribution in [0.1, 0.15) is 50.1 Å². The second-order valence-electron chi connectivity index (χ2n) is 6.99. The molecule has 2 heterocycles. The first-order valence-electron chi connectivity index (χ1n) is 8.74. The highest BCUT2D eigenvalue weighted by molar-refractivity contribution is 5.91. The van der Waals surface area contributed by atoms with Crippen LogP contribution in [0.5, 0.6) is 0 Å². The Hall–Kier alpha value is -1.95. The van der Waals surface area contributed by atoms with Gasteiger partial charge in [-0.05, 0) is 63.7 Å². The number of hydrogen-bond donors (Lipinski definition) is 2. The Morgan fingerprint density at radius 2 is 1.88 bits per heavy atom. The molecule has 3 rings (SSSR count). The molecule has 1 saturated carbocycles. The molecular weight excluding hydrogens is 306 g/mol. The SMILES string of the molecule is CN1CCCC1c1ccc(NC(=O)[C@H]2CC[C@H](C(=O)O)CC2)nc1. The molecule has 1 saturated heterocycles. The van der Waals surface area contributed by atoms with Gasteiger partial charge in [-0.1, -0.05) is 6.07 Å². The molecule has 2 N–H and O–H groups in total. The predicted molar refractivity (Wildman–Crippen MR) is 90.6 cm³/mol. The molecule has 1 aromatic heterocycles. The molecule has 0 radical (unpaired) electrons. The highest BCUT2D eigenvalue weighted by Gasteiger charge is 2.30. The van der Waals surface area contributed by atoms with Crippen molar-refractivity contribution < 1.29 is 14.7 Å². The Balaban J connectivity index is 1.54. The van der Waals surface area contributed by atoms with E-state index in [1.165, 1.54) is 12.0 Å². The zero-order valence-electron chi connectivity index (χ0n) is 14.1. The quantitative estimate of drug-likeness (QED) is 0.886. The van der Waals surface area contributed by atoms with Crippen molar-refractivity contribution in [1.82, 2.24) is 9.88 Å². The van der Waals surface area contributed by atoms with E-state index < -0.39 is 5.97 Å². The first-order valence-corrected chi connectivity index (χ1v) is 8.74. The van der Waals surface area contributed by atoms with Crippen LogP contribution in [0.15, 0.2) is 18.3 Å². The van der Waals surface area contributed by atoms with Crippen LogP contribution in [0.2, 0.25) is 0 Å². The van der Waals surface area contributed by atoms with E-state index in [1.807, 2.05) is 18.3 Å². The van der Waals surface area contributed by atoms with Crippen molar-refractivity contribution in [3.63, 3.8) is 0 Å². The lowest BCUT2D eigenvalue weighted by molar-refractivity contribution is -0.143. The highest BCUT2D eigenvalue weighted by Crippen LogP contribution is 2.31. The molecule has 0 spiro atoms. The van der Waals surface area contributed by atoms with Gasteiger partial charge in [0, 0.05) is 18.2 Å². The van der Waals surface area contributed by atoms with Gasteiger partial charge < -0.3 is 10.4 Å². The van der Waals surface area contributed by atoms with Crippen molar-refractivity contribution >= 4 is 17.7 Å². The maximum absolute atomic E-state index is 12.3. The molecule has 1 amide bonds. The Morgan fingerprint density at radius 3 is 2.42 bits per heavy atom. The number of aromatic nitrogens is 1. The molecule has 24 heavy (non-hydrogen) atoms. The first-order chi connectivity index (χ1) is 11.5. The number of carboxylic acid groups (broad SMARTS) is 1. The molecule has 6 heteroatoms. The van der Waals surface area contributed by atoms with Gasteiger partial charge in [-0.3, -0.25) is 14.5 Å². The maximum atomic E-state index is 12.3. The van der Waals surface area contributed by atoms with Crippen LogP contribution < -0.4 is 5.32 Å². The van der Waals surface area contributed by atoms with Gasteiger partial charge >= 0.3 is 5.97 Å². The maximum Gasteiger partial charge on any atom is 0.306 e. The zero-order valence-corrected chi connectivity index (χ0v) is 14.1. The number of amides is 1. The van der Waals surface area contributed by atoms with Gasteiger partial charge in [-0.2, -0.15) is 0 Å². The number of carbonyl (C=O) groups excluding carboxylic acids is 1. The first kappa shape index (κ1) is 16.9. The molecule has 1 atom stereocenters. The second kappa shape index (κ2) is 7.30. The van der Waals surface area contributed by atoms with Gasteiger partial charge in [0.25, 0.3) is 0 Å². The van der Waals surface area contributed by atoms with E-state index in [2.05, 4.69) is 22.2 Å². The van der Waals surface area contributed by atoms with Crippen LogP contribution >= 0.6 is 0 Å². The topological polar surface area (TPSA) is 82.5 Å². The fourth-order valence-corrected chi connectivity index (χ4v) is 3.84. The second-order valence-corrected chi connectivity index (χ2v) is 6.99. The van der Waals surface area contributed by atoms with Crippen LogP contribution in [0, 0.1) is 11.8 Å². The number of carboxylic acids is 1. The Bertz CT molecular complexity index is 594.